The zero-order valence-electron chi connectivity index (χ0n) is 19.3. The monoisotopic (exact) mass is 468 g/mol. The summed E-state index contributed by atoms with van der Waals surface area (Å²) in [5.41, 5.74) is 3.11. The molecule has 0 aliphatic heterocycles. The molecule has 1 amide bonds. The molecule has 3 aromatic rings. The van der Waals surface area contributed by atoms with E-state index in [9.17, 15) is 9.59 Å². The van der Waals surface area contributed by atoms with Gasteiger partial charge in [-0.1, -0.05) is 36.0 Å². The third-order valence-corrected chi connectivity index (χ3v) is 6.21. The lowest BCUT2D eigenvalue weighted by atomic mass is 10.0. The fraction of sp³-hybridized carbons (Fsp3) is 0.333. The van der Waals surface area contributed by atoms with Crippen molar-refractivity contribution < 1.29 is 19.1 Å². The highest BCUT2D eigenvalue weighted by Gasteiger charge is 2.15. The zero-order chi connectivity index (χ0) is 23.8. The Kier molecular flexibility index (Phi) is 8.48. The first kappa shape index (κ1) is 24.3. The van der Waals surface area contributed by atoms with Crippen LogP contribution >= 0.6 is 11.8 Å². The smallest absolute Gasteiger partial charge is 0.339 e. The van der Waals surface area contributed by atoms with Crippen molar-refractivity contribution in [2.24, 2.45) is 7.05 Å². The number of aryl methyl sites for hydroxylation is 3. The number of anilines is 1. The lowest BCUT2D eigenvalue weighted by Gasteiger charge is -2.09. The fourth-order valence-corrected chi connectivity index (χ4v) is 4.16. The average molecular weight is 469 g/mol. The normalized spacial score (nSPS) is 10.7. The van der Waals surface area contributed by atoms with E-state index in [0.29, 0.717) is 16.4 Å². The highest BCUT2D eigenvalue weighted by atomic mass is 32.2. The number of nitrogens with one attached hydrogen (secondary N) is 1. The lowest BCUT2D eigenvalue weighted by Crippen LogP contribution is -2.17. The van der Waals surface area contributed by atoms with Gasteiger partial charge < -0.3 is 19.4 Å². The number of amides is 1. The van der Waals surface area contributed by atoms with Gasteiger partial charge in [-0.15, -0.1) is 10.2 Å². The minimum Gasteiger partial charge on any atom is -0.496 e. The zero-order valence-corrected chi connectivity index (χ0v) is 20.1. The van der Waals surface area contributed by atoms with E-state index in [-0.39, 0.29) is 11.7 Å². The summed E-state index contributed by atoms with van der Waals surface area (Å²) < 4.78 is 12.0. The molecular formula is C24H28N4O4S. The van der Waals surface area contributed by atoms with Crippen molar-refractivity contribution in [2.75, 3.05) is 25.3 Å². The number of hydrogen-bond donors (Lipinski definition) is 1. The van der Waals surface area contributed by atoms with Crippen LogP contribution in [0.5, 0.6) is 5.75 Å². The second-order valence-corrected chi connectivity index (χ2v) is 8.43. The first-order chi connectivity index (χ1) is 15.9. The van der Waals surface area contributed by atoms with Gasteiger partial charge in [-0.3, -0.25) is 4.79 Å². The van der Waals surface area contributed by atoms with Crippen LogP contribution in [0.4, 0.5) is 5.69 Å². The molecule has 2 aromatic carbocycles. The molecule has 0 unspecified atom stereocenters. The molecule has 1 heterocycles. The lowest BCUT2D eigenvalue weighted by molar-refractivity contribution is -0.113. The number of hydrogen-bond acceptors (Lipinski definition) is 7. The maximum Gasteiger partial charge on any atom is 0.339 e. The molecule has 0 radical (unpaired) electrons. The fourth-order valence-electron chi connectivity index (χ4n) is 3.43. The van der Waals surface area contributed by atoms with E-state index in [1.807, 2.05) is 24.6 Å². The maximum absolute atomic E-state index is 12.4. The first-order valence-electron chi connectivity index (χ1n) is 10.5. The Morgan fingerprint density at radius 3 is 2.61 bits per heavy atom. The number of esters is 1. The van der Waals surface area contributed by atoms with Gasteiger partial charge in [-0.2, -0.15) is 0 Å². The predicted molar refractivity (Wildman–Crippen MR) is 128 cm³/mol. The van der Waals surface area contributed by atoms with Crippen molar-refractivity contribution in [3.05, 3.63) is 65.0 Å². The van der Waals surface area contributed by atoms with Crippen LogP contribution in [0.15, 0.2) is 47.6 Å². The van der Waals surface area contributed by atoms with Crippen molar-refractivity contribution in [3.63, 3.8) is 0 Å². The highest BCUT2D eigenvalue weighted by Crippen LogP contribution is 2.21. The Morgan fingerprint density at radius 1 is 1.09 bits per heavy atom. The largest absolute Gasteiger partial charge is 0.496 e. The molecule has 174 valence electrons. The first-order valence-corrected chi connectivity index (χ1v) is 11.5. The summed E-state index contributed by atoms with van der Waals surface area (Å²) in [6, 6.07) is 13.0. The van der Waals surface area contributed by atoms with Crippen LogP contribution in [-0.4, -0.2) is 46.6 Å². The Bertz CT molecular complexity index is 1130. The average Bonchev–Trinajstić information content (AvgIpc) is 3.17. The number of aromatic nitrogens is 3. The van der Waals surface area contributed by atoms with Crippen LogP contribution in [0.25, 0.3) is 0 Å². The van der Waals surface area contributed by atoms with Crippen molar-refractivity contribution in [2.45, 2.75) is 31.3 Å². The van der Waals surface area contributed by atoms with Gasteiger partial charge in [0.05, 0.1) is 31.2 Å². The molecule has 0 atom stereocenters. The Morgan fingerprint density at radius 2 is 1.88 bits per heavy atom. The molecule has 0 aliphatic carbocycles. The molecular weight excluding hydrogens is 440 g/mol. The SMILES string of the molecule is COC(=O)c1ccccc1NC(=O)CSc1nnc(CCCc2ccc(OC)c(C)c2)n1C. The molecule has 1 aromatic heterocycles. The number of carbonyl (C=O) groups is 2. The summed E-state index contributed by atoms with van der Waals surface area (Å²) in [6.45, 7) is 2.04. The standard InChI is InChI=1S/C24H28N4O4S/c1-16-14-17(12-13-20(16)31-3)8-7-11-21-26-27-24(28(21)2)33-15-22(29)25-19-10-6-5-9-18(19)23(30)32-4/h5-6,9-10,12-14H,7-8,11,15H2,1-4H3,(H,25,29). The molecule has 3 rings (SSSR count). The number of methoxy groups -OCH3 is 2. The summed E-state index contributed by atoms with van der Waals surface area (Å²) >= 11 is 1.30. The number of nitrogens with zero attached hydrogens (tertiary/aromatic N) is 3. The molecule has 0 spiro atoms. The van der Waals surface area contributed by atoms with Crippen LogP contribution in [0.1, 0.15) is 33.7 Å². The van der Waals surface area contributed by atoms with Gasteiger partial charge in [0.15, 0.2) is 5.16 Å². The van der Waals surface area contributed by atoms with Crippen LogP contribution in [0.2, 0.25) is 0 Å². The molecule has 9 heteroatoms. The van der Waals surface area contributed by atoms with E-state index in [0.717, 1.165) is 36.4 Å². The number of para-hydroxylation sites is 1. The Labute approximate surface area is 197 Å². The molecule has 0 saturated carbocycles. The van der Waals surface area contributed by atoms with Gasteiger partial charge in [-0.25, -0.2) is 4.79 Å². The van der Waals surface area contributed by atoms with Crippen molar-refractivity contribution >= 4 is 29.3 Å². The minimum atomic E-state index is -0.499. The topological polar surface area (TPSA) is 95.3 Å². The Balaban J connectivity index is 1.51. The summed E-state index contributed by atoms with van der Waals surface area (Å²) in [4.78, 5) is 24.3. The third-order valence-electron chi connectivity index (χ3n) is 5.19. The Hall–Kier alpha value is -3.33. The number of carbonyl (C=O) groups excluding carboxylic acids is 2. The highest BCUT2D eigenvalue weighted by molar-refractivity contribution is 7.99. The van der Waals surface area contributed by atoms with Gasteiger partial charge in [0.1, 0.15) is 11.6 Å². The van der Waals surface area contributed by atoms with E-state index >= 15 is 0 Å². The van der Waals surface area contributed by atoms with Crippen LogP contribution in [0.3, 0.4) is 0 Å². The number of benzene rings is 2. The maximum atomic E-state index is 12.4. The van der Waals surface area contributed by atoms with E-state index in [2.05, 4.69) is 27.6 Å². The van der Waals surface area contributed by atoms with Gasteiger partial charge in [-0.05, 0) is 49.1 Å². The minimum absolute atomic E-state index is 0.145. The summed E-state index contributed by atoms with van der Waals surface area (Å²) in [6.07, 6.45) is 2.66. The molecule has 1 N–H and O–H groups in total. The van der Waals surface area contributed by atoms with Gasteiger partial charge in [0, 0.05) is 13.5 Å². The van der Waals surface area contributed by atoms with Gasteiger partial charge >= 0.3 is 5.97 Å². The van der Waals surface area contributed by atoms with E-state index in [1.165, 1.54) is 24.4 Å². The van der Waals surface area contributed by atoms with Crippen LogP contribution in [0, 0.1) is 6.92 Å². The van der Waals surface area contributed by atoms with E-state index in [4.69, 9.17) is 9.47 Å². The number of rotatable bonds is 10. The van der Waals surface area contributed by atoms with Crippen LogP contribution in [-0.2, 0) is 29.4 Å². The molecule has 0 fully saturated rings. The van der Waals surface area contributed by atoms with Crippen LogP contribution < -0.4 is 10.1 Å². The van der Waals surface area contributed by atoms with Gasteiger partial charge in [0.2, 0.25) is 5.91 Å². The second kappa shape index (κ2) is 11.5. The second-order valence-electron chi connectivity index (χ2n) is 7.49. The predicted octanol–water partition coefficient (Wildman–Crippen LogP) is 3.82. The number of ether oxygens (including phenoxy) is 2. The van der Waals surface area contributed by atoms with Gasteiger partial charge in [0.25, 0.3) is 0 Å². The summed E-state index contributed by atoms with van der Waals surface area (Å²) in [5.74, 6) is 1.18. The van der Waals surface area contributed by atoms with E-state index < -0.39 is 5.97 Å². The molecule has 0 aliphatic rings. The quantitative estimate of drug-likeness (QED) is 0.357. The van der Waals surface area contributed by atoms with Crippen molar-refractivity contribution in [1.29, 1.82) is 0 Å². The van der Waals surface area contributed by atoms with Crippen molar-refractivity contribution in [3.8, 4) is 5.75 Å². The molecule has 0 bridgehead atoms. The number of thioether (sulfide) groups is 1. The molecule has 8 nitrogen and oxygen atoms in total. The molecule has 33 heavy (non-hydrogen) atoms. The molecule has 0 saturated heterocycles. The summed E-state index contributed by atoms with van der Waals surface area (Å²) in [7, 11) is 4.89. The van der Waals surface area contributed by atoms with Crippen molar-refractivity contribution in [1.82, 2.24) is 14.8 Å². The third kappa shape index (κ3) is 6.35. The van der Waals surface area contributed by atoms with E-state index in [1.54, 1.807) is 31.4 Å². The summed E-state index contributed by atoms with van der Waals surface area (Å²) in [5, 5.41) is 11.9.